The lowest BCUT2D eigenvalue weighted by atomic mass is 9.59. The van der Waals surface area contributed by atoms with E-state index in [-0.39, 0.29) is 35.7 Å². The number of rotatable bonds is 8. The predicted octanol–water partition coefficient (Wildman–Crippen LogP) is 2.81. The first-order valence-corrected chi connectivity index (χ1v) is 13.3. The Kier molecular flexibility index (Phi) is 7.56. The lowest BCUT2D eigenvalue weighted by molar-refractivity contribution is -0.190. The number of aliphatic hydroxyl groups is 4. The van der Waals surface area contributed by atoms with Crippen LogP contribution in [-0.4, -0.2) is 63.2 Å². The molecule has 0 aliphatic heterocycles. The fourth-order valence-electron chi connectivity index (χ4n) is 7.34. The van der Waals surface area contributed by atoms with Gasteiger partial charge in [-0.15, -0.1) is 0 Å². The molecule has 202 valence electrons. The Balaban J connectivity index is 1.56. The number of hydrogen-bond donors (Lipinski definition) is 4. The summed E-state index contributed by atoms with van der Waals surface area (Å²) in [6.45, 7) is 7.22. The summed E-state index contributed by atoms with van der Waals surface area (Å²) in [5.41, 5.74) is -3.51. The molecule has 9 atom stereocenters. The second-order valence-electron chi connectivity index (χ2n) is 11.5. The van der Waals surface area contributed by atoms with Gasteiger partial charge in [-0.3, -0.25) is 4.79 Å². The van der Waals surface area contributed by atoms with E-state index in [1.165, 1.54) is 6.08 Å². The minimum atomic E-state index is -2.15. The normalized spacial score (nSPS) is 42.9. The summed E-state index contributed by atoms with van der Waals surface area (Å²) >= 11 is 0. The third kappa shape index (κ3) is 4.11. The van der Waals surface area contributed by atoms with Gasteiger partial charge >= 0.3 is 5.97 Å². The van der Waals surface area contributed by atoms with E-state index in [2.05, 4.69) is 13.0 Å². The van der Waals surface area contributed by atoms with E-state index in [0.717, 1.165) is 12.8 Å². The molecular weight excluding hydrogens is 472 g/mol. The largest absolute Gasteiger partial charge is 0.462 e. The number of esters is 1. The molecule has 4 aliphatic carbocycles. The van der Waals surface area contributed by atoms with E-state index < -0.39 is 47.1 Å². The van der Waals surface area contributed by atoms with E-state index in [0.29, 0.717) is 12.0 Å². The molecule has 1 spiro atoms. The molecule has 0 aromatic carbocycles. The van der Waals surface area contributed by atoms with Crippen LogP contribution in [0.3, 0.4) is 0 Å². The van der Waals surface area contributed by atoms with Gasteiger partial charge < -0.3 is 25.2 Å². The maximum Gasteiger partial charge on any atom is 0.330 e. The van der Waals surface area contributed by atoms with E-state index >= 15 is 0 Å². The molecule has 0 radical (unpaired) electrons. The summed E-state index contributed by atoms with van der Waals surface area (Å²) in [4.78, 5) is 26.6. The highest BCUT2D eigenvalue weighted by Crippen LogP contribution is 2.71. The van der Waals surface area contributed by atoms with Gasteiger partial charge in [-0.2, -0.15) is 0 Å². The average Bonchev–Trinajstić information content (AvgIpc) is 3.41. The number of ether oxygens (including phenoxy) is 1. The minimum absolute atomic E-state index is 0.0401. The van der Waals surface area contributed by atoms with Crippen molar-refractivity contribution in [3.63, 3.8) is 0 Å². The first-order chi connectivity index (χ1) is 17.5. The molecule has 9 unspecified atom stereocenters. The lowest BCUT2D eigenvalue weighted by Gasteiger charge is -2.48. The predicted molar refractivity (Wildman–Crippen MR) is 139 cm³/mol. The zero-order chi connectivity index (χ0) is 27.2. The summed E-state index contributed by atoms with van der Waals surface area (Å²) in [5.74, 6) is -1.94. The Hall–Kier alpha value is -2.32. The van der Waals surface area contributed by atoms with Crippen molar-refractivity contribution in [3.05, 3.63) is 59.8 Å². The number of aliphatic hydroxyl groups excluding tert-OH is 3. The summed E-state index contributed by atoms with van der Waals surface area (Å²) in [6.07, 6.45) is 13.5. The van der Waals surface area contributed by atoms with E-state index in [1.807, 2.05) is 26.0 Å². The standard InChI is InChI=1S/C30H40O7/c1-5-6-7-8-9-10-11-12-23(32)37-17-28(4)22-13-19(3)29-15-18(2)25(33)30(29,36)26(34)20(16-31)14-21(24(22)28)27(29)35/h7-12,14-15,19,21-22,24-26,31,33-34,36H,5-6,13,16-17H2,1-4H3. The molecule has 2 saturated carbocycles. The van der Waals surface area contributed by atoms with Crippen LogP contribution in [0.15, 0.2) is 59.8 Å². The van der Waals surface area contributed by atoms with E-state index in [4.69, 9.17) is 4.74 Å². The maximum atomic E-state index is 14.2. The molecule has 0 heterocycles. The second kappa shape index (κ2) is 10.1. The monoisotopic (exact) mass is 512 g/mol. The van der Waals surface area contributed by atoms with Crippen molar-refractivity contribution in [1.29, 1.82) is 0 Å². The average molecular weight is 513 g/mol. The van der Waals surface area contributed by atoms with Crippen molar-refractivity contribution in [3.8, 4) is 0 Å². The summed E-state index contributed by atoms with van der Waals surface area (Å²) in [5, 5.41) is 44.0. The van der Waals surface area contributed by atoms with Gasteiger partial charge in [0.2, 0.25) is 0 Å². The summed E-state index contributed by atoms with van der Waals surface area (Å²) in [7, 11) is 0. The van der Waals surface area contributed by atoms with Gasteiger partial charge in [0.05, 0.1) is 18.6 Å². The van der Waals surface area contributed by atoms with Crippen LogP contribution in [0, 0.1) is 34.5 Å². The number of fused-ring (bicyclic) bond motifs is 3. The van der Waals surface area contributed by atoms with Crippen LogP contribution in [0.1, 0.15) is 47.0 Å². The second-order valence-corrected chi connectivity index (χ2v) is 11.5. The molecule has 4 rings (SSSR count). The summed E-state index contributed by atoms with van der Waals surface area (Å²) < 4.78 is 5.59. The van der Waals surface area contributed by atoms with Gasteiger partial charge in [-0.05, 0) is 48.7 Å². The molecule has 37 heavy (non-hydrogen) atoms. The van der Waals surface area contributed by atoms with E-state index in [9.17, 15) is 30.0 Å². The molecule has 4 aliphatic rings. The third-order valence-corrected chi connectivity index (χ3v) is 9.41. The lowest BCUT2D eigenvalue weighted by Crippen LogP contribution is -2.65. The van der Waals surface area contributed by atoms with Crippen LogP contribution in [0.5, 0.6) is 0 Å². The molecule has 7 nitrogen and oxygen atoms in total. The number of unbranched alkanes of at least 4 members (excludes halogenated alkanes) is 1. The highest BCUT2D eigenvalue weighted by molar-refractivity contribution is 5.95. The van der Waals surface area contributed by atoms with Crippen LogP contribution in [-0.2, 0) is 14.3 Å². The Morgan fingerprint density at radius 3 is 2.57 bits per heavy atom. The van der Waals surface area contributed by atoms with Crippen LogP contribution >= 0.6 is 0 Å². The number of Topliss-reactive ketones (excluding diaryl/α,β-unsaturated/α-hetero) is 1. The molecule has 0 saturated heterocycles. The van der Waals surface area contributed by atoms with Crippen LogP contribution < -0.4 is 0 Å². The zero-order valence-corrected chi connectivity index (χ0v) is 22.1. The van der Waals surface area contributed by atoms with Crippen LogP contribution in [0.2, 0.25) is 0 Å². The van der Waals surface area contributed by atoms with Crippen molar-refractivity contribution in [1.82, 2.24) is 0 Å². The minimum Gasteiger partial charge on any atom is -0.462 e. The molecule has 0 aromatic rings. The van der Waals surface area contributed by atoms with Gasteiger partial charge in [0.15, 0.2) is 5.78 Å². The fraction of sp³-hybridized carbons (Fsp3) is 0.600. The number of ketones is 1. The Morgan fingerprint density at radius 1 is 1.19 bits per heavy atom. The van der Waals surface area contributed by atoms with Crippen molar-refractivity contribution in [2.45, 2.75) is 64.8 Å². The number of hydrogen-bond acceptors (Lipinski definition) is 7. The molecular formula is C30H40O7. The fourth-order valence-corrected chi connectivity index (χ4v) is 7.34. The van der Waals surface area contributed by atoms with Gasteiger partial charge in [-0.1, -0.05) is 69.7 Å². The molecule has 4 N–H and O–H groups in total. The van der Waals surface area contributed by atoms with Crippen molar-refractivity contribution in [2.24, 2.45) is 34.5 Å². The van der Waals surface area contributed by atoms with Crippen LogP contribution in [0.25, 0.3) is 0 Å². The zero-order valence-electron chi connectivity index (χ0n) is 22.1. The molecule has 2 fully saturated rings. The van der Waals surface area contributed by atoms with Crippen molar-refractivity contribution < 1.29 is 34.8 Å². The van der Waals surface area contributed by atoms with Crippen molar-refractivity contribution in [2.75, 3.05) is 13.2 Å². The van der Waals surface area contributed by atoms with Gasteiger partial charge in [0.1, 0.15) is 17.8 Å². The summed E-state index contributed by atoms with van der Waals surface area (Å²) in [6, 6.07) is 0. The first-order valence-electron chi connectivity index (χ1n) is 13.3. The highest BCUT2D eigenvalue weighted by atomic mass is 16.5. The Bertz CT molecular complexity index is 1080. The Labute approximate surface area is 218 Å². The third-order valence-electron chi connectivity index (χ3n) is 9.41. The topological polar surface area (TPSA) is 124 Å². The molecule has 2 bridgehead atoms. The van der Waals surface area contributed by atoms with Gasteiger partial charge in [0, 0.05) is 17.4 Å². The number of allylic oxidation sites excluding steroid dienone is 6. The number of carbonyl (C=O) groups is 2. The van der Waals surface area contributed by atoms with Gasteiger partial charge in [0.25, 0.3) is 0 Å². The number of carbonyl (C=O) groups excluding carboxylic acids is 2. The van der Waals surface area contributed by atoms with Crippen LogP contribution in [0.4, 0.5) is 0 Å². The quantitative estimate of drug-likeness (QED) is 0.171. The molecule has 7 heteroatoms. The van der Waals surface area contributed by atoms with Crippen molar-refractivity contribution >= 4 is 11.8 Å². The molecule has 0 amide bonds. The van der Waals surface area contributed by atoms with E-state index in [1.54, 1.807) is 31.2 Å². The Morgan fingerprint density at radius 2 is 1.89 bits per heavy atom. The highest BCUT2D eigenvalue weighted by Gasteiger charge is 2.76. The van der Waals surface area contributed by atoms with Gasteiger partial charge in [-0.25, -0.2) is 4.79 Å². The SMILES string of the molecule is CCCC=CC=CC=CC(=O)OCC1(C)C2CC(C)C34C=C(C)C(O)C3(O)C(O)C(CO)=CC(C4=O)C21. The molecule has 0 aromatic heterocycles. The first kappa shape index (κ1) is 27.7. The maximum absolute atomic E-state index is 14.2. The smallest absolute Gasteiger partial charge is 0.330 e.